The first-order chi connectivity index (χ1) is 18.0. The molecule has 0 spiro atoms. The number of fused-ring (bicyclic) bond motifs is 1. The summed E-state index contributed by atoms with van der Waals surface area (Å²) in [5, 5.41) is 3.90. The molecule has 1 N–H and O–H groups in total. The normalized spacial score (nSPS) is 15.1. The van der Waals surface area contributed by atoms with Gasteiger partial charge in [0, 0.05) is 54.2 Å². The van der Waals surface area contributed by atoms with Crippen LogP contribution in [-0.2, 0) is 16.2 Å². The number of nitrogens with one attached hydrogen (secondary N) is 1. The van der Waals surface area contributed by atoms with E-state index in [1.807, 2.05) is 0 Å². The topological polar surface area (TPSA) is 65.5 Å². The summed E-state index contributed by atoms with van der Waals surface area (Å²) in [6.45, 7) is 1.02. The molecule has 0 amide bonds. The van der Waals surface area contributed by atoms with Crippen molar-refractivity contribution in [2.24, 2.45) is 0 Å². The van der Waals surface area contributed by atoms with Crippen LogP contribution < -0.4 is 10.2 Å². The predicted molar refractivity (Wildman–Crippen MR) is 139 cm³/mol. The molecule has 0 atom stereocenters. The van der Waals surface area contributed by atoms with E-state index in [0.717, 1.165) is 12.1 Å². The first kappa shape index (κ1) is 26.2. The fourth-order valence-electron chi connectivity index (χ4n) is 4.36. The first-order valence-electron chi connectivity index (χ1n) is 11.6. The Labute approximate surface area is 221 Å². The predicted octanol–water partition coefficient (Wildman–Crippen LogP) is 6.30. The number of halogens is 5. The molecule has 38 heavy (non-hydrogen) atoms. The molecule has 1 fully saturated rings. The molecule has 5 rings (SSSR count). The molecule has 0 radical (unpaired) electrons. The molecular weight excluding hydrogens is 544 g/mol. The van der Waals surface area contributed by atoms with Crippen LogP contribution in [0.3, 0.4) is 0 Å². The van der Waals surface area contributed by atoms with Gasteiger partial charge in [-0.15, -0.1) is 0 Å². The molecule has 12 heteroatoms. The fraction of sp³-hybridized carbons (Fsp3) is 0.192. The maximum Gasteiger partial charge on any atom is 0.416 e. The smallest absolute Gasteiger partial charge is 0.367 e. The molecule has 0 bridgehead atoms. The van der Waals surface area contributed by atoms with Crippen molar-refractivity contribution < 1.29 is 26.0 Å². The van der Waals surface area contributed by atoms with Crippen LogP contribution in [0.25, 0.3) is 10.9 Å². The minimum absolute atomic E-state index is 0.101. The Morgan fingerprint density at radius 1 is 0.895 bits per heavy atom. The second-order valence-corrected chi connectivity index (χ2v) is 11.1. The van der Waals surface area contributed by atoms with Crippen LogP contribution >= 0.6 is 11.6 Å². The van der Waals surface area contributed by atoms with Gasteiger partial charge in [-0.05, 0) is 60.7 Å². The molecule has 0 saturated carbocycles. The Morgan fingerprint density at radius 3 is 2.26 bits per heavy atom. The van der Waals surface area contributed by atoms with E-state index in [2.05, 4.69) is 10.3 Å². The molecule has 1 saturated heterocycles. The van der Waals surface area contributed by atoms with Crippen molar-refractivity contribution >= 4 is 49.6 Å². The Bertz CT molecular complexity index is 1590. The molecule has 6 nitrogen and oxygen atoms in total. The van der Waals surface area contributed by atoms with Gasteiger partial charge in [-0.25, -0.2) is 12.8 Å². The van der Waals surface area contributed by atoms with Gasteiger partial charge in [-0.1, -0.05) is 17.7 Å². The second-order valence-electron chi connectivity index (χ2n) is 8.72. The third-order valence-electron chi connectivity index (χ3n) is 6.33. The Hall–Kier alpha value is -3.41. The lowest BCUT2D eigenvalue weighted by Crippen LogP contribution is -2.48. The molecule has 198 valence electrons. The number of nitrogens with zero attached hydrogens (tertiary/aromatic N) is 3. The minimum Gasteiger partial charge on any atom is -0.367 e. The van der Waals surface area contributed by atoms with E-state index >= 15 is 0 Å². The molecule has 2 heterocycles. The minimum atomic E-state index is -4.47. The van der Waals surface area contributed by atoms with E-state index in [0.29, 0.717) is 35.5 Å². The molecule has 1 aliphatic rings. The number of benzene rings is 3. The average Bonchev–Trinajstić information content (AvgIpc) is 2.88. The van der Waals surface area contributed by atoms with E-state index in [-0.39, 0.29) is 28.5 Å². The zero-order valence-corrected chi connectivity index (χ0v) is 21.3. The van der Waals surface area contributed by atoms with Gasteiger partial charge in [0.25, 0.3) is 0 Å². The number of anilines is 3. The number of aromatic nitrogens is 1. The number of rotatable bonds is 5. The number of hydrogen-bond donors (Lipinski definition) is 1. The van der Waals surface area contributed by atoms with Gasteiger partial charge in [-0.3, -0.25) is 4.98 Å². The van der Waals surface area contributed by atoms with Gasteiger partial charge in [0.15, 0.2) is 0 Å². The number of sulfonamides is 1. The van der Waals surface area contributed by atoms with E-state index < -0.39 is 27.6 Å². The number of piperazine rings is 1. The van der Waals surface area contributed by atoms with Crippen LogP contribution in [0.4, 0.5) is 34.6 Å². The van der Waals surface area contributed by atoms with Crippen molar-refractivity contribution in [2.75, 3.05) is 36.4 Å². The van der Waals surface area contributed by atoms with Crippen molar-refractivity contribution in [2.45, 2.75) is 11.1 Å². The van der Waals surface area contributed by atoms with Crippen LogP contribution in [-0.4, -0.2) is 43.9 Å². The van der Waals surface area contributed by atoms with E-state index in [1.165, 1.54) is 34.8 Å². The summed E-state index contributed by atoms with van der Waals surface area (Å²) in [4.78, 5) is 5.91. The van der Waals surface area contributed by atoms with Gasteiger partial charge in [-0.2, -0.15) is 17.5 Å². The highest BCUT2D eigenvalue weighted by Crippen LogP contribution is 2.33. The summed E-state index contributed by atoms with van der Waals surface area (Å²) in [7, 11) is -3.78. The van der Waals surface area contributed by atoms with Crippen LogP contribution in [0.1, 0.15) is 5.56 Å². The van der Waals surface area contributed by atoms with Crippen molar-refractivity contribution in [3.05, 3.63) is 89.3 Å². The van der Waals surface area contributed by atoms with Crippen molar-refractivity contribution in [1.29, 1.82) is 0 Å². The summed E-state index contributed by atoms with van der Waals surface area (Å²) in [5.74, 6) is -0.459. The van der Waals surface area contributed by atoms with Crippen molar-refractivity contribution in [1.82, 2.24) is 9.29 Å². The van der Waals surface area contributed by atoms with Crippen LogP contribution in [0.2, 0.25) is 5.02 Å². The zero-order valence-electron chi connectivity index (χ0n) is 19.7. The van der Waals surface area contributed by atoms with E-state index in [9.17, 15) is 26.0 Å². The third-order valence-corrected chi connectivity index (χ3v) is 8.48. The lowest BCUT2D eigenvalue weighted by molar-refractivity contribution is -0.137. The van der Waals surface area contributed by atoms with Gasteiger partial charge in [0.1, 0.15) is 5.82 Å². The molecule has 1 aromatic heterocycles. The Balaban J connectivity index is 1.29. The standard InChI is InChI=1S/C26H21ClF4N4O2S/c27-18-2-8-25(22(28)16-18)34-11-13-35(14-12-34)38(36,37)20-5-3-19(4-6-20)33-23-9-10-32-24-15-17(26(29,30)31)1-7-21(23)24/h1-10,15-16H,11-14H2,(H,32,33). The Kier molecular flexibility index (Phi) is 6.93. The van der Waals surface area contributed by atoms with Crippen molar-refractivity contribution in [3.8, 4) is 0 Å². The maximum absolute atomic E-state index is 14.3. The van der Waals surface area contributed by atoms with E-state index in [1.54, 1.807) is 35.2 Å². The molecule has 3 aromatic carbocycles. The summed E-state index contributed by atoms with van der Waals surface area (Å²) in [5.41, 5.74) is 0.856. The largest absolute Gasteiger partial charge is 0.416 e. The summed E-state index contributed by atoms with van der Waals surface area (Å²) in [6, 6.07) is 15.5. The van der Waals surface area contributed by atoms with Crippen LogP contribution in [0, 0.1) is 5.82 Å². The SMILES string of the molecule is O=S(=O)(c1ccc(Nc2ccnc3cc(C(F)(F)F)ccc23)cc1)N1CCN(c2ccc(Cl)cc2F)CC1. The highest BCUT2D eigenvalue weighted by molar-refractivity contribution is 7.89. The summed E-state index contributed by atoms with van der Waals surface area (Å²) < 4.78 is 81.1. The fourth-order valence-corrected chi connectivity index (χ4v) is 5.94. The lowest BCUT2D eigenvalue weighted by Gasteiger charge is -2.35. The highest BCUT2D eigenvalue weighted by Gasteiger charge is 2.31. The van der Waals surface area contributed by atoms with Gasteiger partial charge < -0.3 is 10.2 Å². The number of alkyl halides is 3. The van der Waals surface area contributed by atoms with E-state index in [4.69, 9.17) is 11.6 Å². The third kappa shape index (κ3) is 5.27. The summed E-state index contributed by atoms with van der Waals surface area (Å²) >= 11 is 5.82. The quantitative estimate of drug-likeness (QED) is 0.288. The second kappa shape index (κ2) is 10.0. The Morgan fingerprint density at radius 2 is 1.61 bits per heavy atom. The summed E-state index contributed by atoms with van der Waals surface area (Å²) in [6.07, 6.45) is -3.07. The number of pyridine rings is 1. The first-order valence-corrected chi connectivity index (χ1v) is 13.4. The molecule has 4 aromatic rings. The monoisotopic (exact) mass is 564 g/mol. The van der Waals surface area contributed by atoms with Gasteiger partial charge >= 0.3 is 6.18 Å². The van der Waals surface area contributed by atoms with Crippen LogP contribution in [0.5, 0.6) is 0 Å². The maximum atomic E-state index is 14.3. The molecule has 1 aliphatic heterocycles. The van der Waals surface area contributed by atoms with Crippen LogP contribution in [0.15, 0.2) is 77.8 Å². The lowest BCUT2D eigenvalue weighted by atomic mass is 10.1. The highest BCUT2D eigenvalue weighted by atomic mass is 35.5. The molecule has 0 unspecified atom stereocenters. The van der Waals surface area contributed by atoms with Gasteiger partial charge in [0.2, 0.25) is 10.0 Å². The zero-order chi connectivity index (χ0) is 27.1. The average molecular weight is 565 g/mol. The molecular formula is C26H21ClF4N4O2S. The van der Waals surface area contributed by atoms with Crippen molar-refractivity contribution in [3.63, 3.8) is 0 Å². The number of hydrogen-bond acceptors (Lipinski definition) is 5. The van der Waals surface area contributed by atoms with Gasteiger partial charge in [0.05, 0.1) is 21.7 Å². The molecule has 0 aliphatic carbocycles.